The Bertz CT molecular complexity index is 221. The third kappa shape index (κ3) is 9.89. The summed E-state index contributed by atoms with van der Waals surface area (Å²) < 4.78 is 10.6. The molecule has 0 aromatic rings. The molecule has 0 aliphatic carbocycles. The zero-order valence-electron chi connectivity index (χ0n) is 10.6. The van der Waals surface area contributed by atoms with Crippen molar-refractivity contribution in [3.05, 3.63) is 0 Å². The summed E-state index contributed by atoms with van der Waals surface area (Å²) >= 11 is 0. The van der Waals surface area contributed by atoms with E-state index in [9.17, 15) is 4.79 Å². The highest BCUT2D eigenvalue weighted by atomic mass is 16.5. The highest BCUT2D eigenvalue weighted by Gasteiger charge is 2.22. The van der Waals surface area contributed by atoms with Gasteiger partial charge in [0.05, 0.1) is 18.8 Å². The molecule has 96 valence electrons. The Morgan fingerprint density at radius 2 is 1.88 bits per heavy atom. The van der Waals surface area contributed by atoms with E-state index in [2.05, 4.69) is 0 Å². The molecule has 16 heavy (non-hydrogen) atoms. The molecule has 5 nitrogen and oxygen atoms in total. The monoisotopic (exact) mass is 233 g/mol. The fraction of sp³-hybridized carbons (Fsp3) is 0.909. The van der Waals surface area contributed by atoms with Crippen LogP contribution in [-0.4, -0.2) is 42.0 Å². The van der Waals surface area contributed by atoms with Gasteiger partial charge in [-0.05, 0) is 34.1 Å². The summed E-state index contributed by atoms with van der Waals surface area (Å²) in [7, 11) is 0. The summed E-state index contributed by atoms with van der Waals surface area (Å²) in [6.07, 6.45) is 0.635. The number of carboxylic acids is 1. The lowest BCUT2D eigenvalue weighted by Crippen LogP contribution is -2.41. The molecule has 0 fully saturated rings. The molecule has 0 radical (unpaired) electrons. The molecule has 3 N–H and O–H groups in total. The maximum absolute atomic E-state index is 10.2. The van der Waals surface area contributed by atoms with Crippen LogP contribution in [0.25, 0.3) is 0 Å². The molecule has 0 rings (SSSR count). The van der Waals surface area contributed by atoms with Gasteiger partial charge in [-0.15, -0.1) is 0 Å². The molecule has 0 amide bonds. The maximum Gasteiger partial charge on any atom is 0.329 e. The van der Waals surface area contributed by atoms with Gasteiger partial charge < -0.3 is 20.3 Å². The molecule has 0 saturated carbocycles. The van der Waals surface area contributed by atoms with Crippen molar-refractivity contribution in [1.29, 1.82) is 0 Å². The minimum atomic E-state index is -0.957. The van der Waals surface area contributed by atoms with E-state index in [4.69, 9.17) is 20.3 Å². The average Bonchev–Trinajstić information content (AvgIpc) is 2.08. The quantitative estimate of drug-likeness (QED) is 0.611. The summed E-state index contributed by atoms with van der Waals surface area (Å²) in [4.78, 5) is 10.2. The molecule has 0 unspecified atom stereocenters. The molecule has 0 aromatic carbocycles. The second kappa shape index (κ2) is 6.18. The van der Waals surface area contributed by atoms with E-state index in [1.807, 2.05) is 27.7 Å². The average molecular weight is 233 g/mol. The van der Waals surface area contributed by atoms with Crippen molar-refractivity contribution in [2.24, 2.45) is 5.73 Å². The van der Waals surface area contributed by atoms with Gasteiger partial charge in [0, 0.05) is 5.54 Å². The van der Waals surface area contributed by atoms with Gasteiger partial charge in [-0.1, -0.05) is 0 Å². The van der Waals surface area contributed by atoms with Gasteiger partial charge in [0.1, 0.15) is 6.61 Å². The summed E-state index contributed by atoms with van der Waals surface area (Å²) in [6, 6.07) is 0. The van der Waals surface area contributed by atoms with Gasteiger partial charge in [-0.3, -0.25) is 0 Å². The molecule has 5 heteroatoms. The summed E-state index contributed by atoms with van der Waals surface area (Å²) in [5.74, 6) is -0.957. The van der Waals surface area contributed by atoms with Crippen LogP contribution in [0, 0.1) is 0 Å². The summed E-state index contributed by atoms with van der Waals surface area (Å²) in [6.45, 7) is 8.21. The number of aliphatic carboxylic acids is 1. The zero-order valence-corrected chi connectivity index (χ0v) is 10.6. The largest absolute Gasteiger partial charge is 0.480 e. The number of carboxylic acid groups (broad SMARTS) is 1. The van der Waals surface area contributed by atoms with Gasteiger partial charge in [0.25, 0.3) is 0 Å². The molecule has 0 bridgehead atoms. The van der Waals surface area contributed by atoms with E-state index in [1.165, 1.54) is 0 Å². The van der Waals surface area contributed by atoms with Crippen LogP contribution in [0.15, 0.2) is 0 Å². The minimum Gasteiger partial charge on any atom is -0.480 e. The SMILES string of the molecule is CC(C)(N)COC(C)(C)CCOCC(=O)O. The molecule has 0 heterocycles. The topological polar surface area (TPSA) is 81.8 Å². The van der Waals surface area contributed by atoms with Gasteiger partial charge in [0.2, 0.25) is 0 Å². The first-order valence-electron chi connectivity index (χ1n) is 5.35. The number of nitrogens with two attached hydrogens (primary N) is 1. The van der Waals surface area contributed by atoms with E-state index < -0.39 is 5.97 Å². The fourth-order valence-corrected chi connectivity index (χ4v) is 0.931. The van der Waals surface area contributed by atoms with Crippen LogP contribution in [0.4, 0.5) is 0 Å². The van der Waals surface area contributed by atoms with Crippen LogP contribution < -0.4 is 5.73 Å². The Hall–Kier alpha value is -0.650. The van der Waals surface area contributed by atoms with Crippen LogP contribution in [0.1, 0.15) is 34.1 Å². The first kappa shape index (κ1) is 15.3. The Morgan fingerprint density at radius 3 is 2.31 bits per heavy atom. The standard InChI is InChI=1S/C11H23NO4/c1-10(2,12)8-16-11(3,4)5-6-15-7-9(13)14/h5-8,12H2,1-4H3,(H,13,14). The molecule has 0 aliphatic rings. The number of carbonyl (C=O) groups is 1. The maximum atomic E-state index is 10.2. The second-order valence-electron chi connectivity index (χ2n) is 5.23. The first-order valence-corrected chi connectivity index (χ1v) is 5.35. The van der Waals surface area contributed by atoms with Crippen molar-refractivity contribution in [3.63, 3.8) is 0 Å². The van der Waals surface area contributed by atoms with Crippen molar-refractivity contribution in [2.45, 2.75) is 45.3 Å². The summed E-state index contributed by atoms with van der Waals surface area (Å²) in [5, 5.41) is 8.38. The van der Waals surface area contributed by atoms with Crippen molar-refractivity contribution < 1.29 is 19.4 Å². The van der Waals surface area contributed by atoms with E-state index in [0.717, 1.165) is 0 Å². The van der Waals surface area contributed by atoms with E-state index in [0.29, 0.717) is 19.6 Å². The lowest BCUT2D eigenvalue weighted by molar-refractivity contribution is -0.143. The normalized spacial score (nSPS) is 12.8. The number of rotatable bonds is 8. The van der Waals surface area contributed by atoms with Crippen LogP contribution in [0.2, 0.25) is 0 Å². The number of hydrogen-bond acceptors (Lipinski definition) is 4. The number of hydrogen-bond donors (Lipinski definition) is 2. The van der Waals surface area contributed by atoms with Crippen LogP contribution >= 0.6 is 0 Å². The molecule has 0 atom stereocenters. The predicted octanol–water partition coefficient (Wildman–Crippen LogP) is 1.01. The third-order valence-electron chi connectivity index (χ3n) is 1.91. The van der Waals surface area contributed by atoms with Crippen LogP contribution in [0.3, 0.4) is 0 Å². The van der Waals surface area contributed by atoms with Crippen LogP contribution in [-0.2, 0) is 14.3 Å². The van der Waals surface area contributed by atoms with Crippen LogP contribution in [0.5, 0.6) is 0 Å². The molecule has 0 spiro atoms. The van der Waals surface area contributed by atoms with Crippen molar-refractivity contribution >= 4 is 5.97 Å². The van der Waals surface area contributed by atoms with Crippen molar-refractivity contribution in [2.75, 3.05) is 19.8 Å². The first-order chi connectivity index (χ1) is 7.12. The lowest BCUT2D eigenvalue weighted by atomic mass is 10.0. The Morgan fingerprint density at radius 1 is 1.31 bits per heavy atom. The second-order valence-corrected chi connectivity index (χ2v) is 5.23. The van der Waals surface area contributed by atoms with Gasteiger partial charge in [-0.25, -0.2) is 4.79 Å². The number of ether oxygens (including phenoxy) is 2. The van der Waals surface area contributed by atoms with E-state index >= 15 is 0 Å². The van der Waals surface area contributed by atoms with Crippen molar-refractivity contribution in [3.8, 4) is 0 Å². The third-order valence-corrected chi connectivity index (χ3v) is 1.91. The van der Waals surface area contributed by atoms with Gasteiger partial charge in [0.15, 0.2) is 0 Å². The van der Waals surface area contributed by atoms with Gasteiger partial charge >= 0.3 is 5.97 Å². The van der Waals surface area contributed by atoms with Gasteiger partial charge in [-0.2, -0.15) is 0 Å². The fourth-order valence-electron chi connectivity index (χ4n) is 0.931. The Balaban J connectivity index is 3.74. The molecular weight excluding hydrogens is 210 g/mol. The summed E-state index contributed by atoms with van der Waals surface area (Å²) in [5.41, 5.74) is 5.09. The van der Waals surface area contributed by atoms with Crippen molar-refractivity contribution in [1.82, 2.24) is 0 Å². The highest BCUT2D eigenvalue weighted by Crippen LogP contribution is 2.16. The predicted molar refractivity (Wildman–Crippen MR) is 61.4 cm³/mol. The minimum absolute atomic E-state index is 0.265. The molecule has 0 aliphatic heterocycles. The smallest absolute Gasteiger partial charge is 0.329 e. The Kier molecular flexibility index (Phi) is 5.92. The van der Waals surface area contributed by atoms with E-state index in [1.54, 1.807) is 0 Å². The highest BCUT2D eigenvalue weighted by molar-refractivity contribution is 5.67. The molecule has 0 saturated heterocycles. The molecule has 0 aromatic heterocycles. The molecular formula is C11H23NO4. The Labute approximate surface area is 96.9 Å². The van der Waals surface area contributed by atoms with E-state index in [-0.39, 0.29) is 17.7 Å². The zero-order chi connectivity index (χ0) is 12.8. The lowest BCUT2D eigenvalue weighted by Gasteiger charge is -2.29.